The quantitative estimate of drug-likeness (QED) is 0.806. The molecule has 5 heteroatoms. The minimum absolute atomic E-state index is 0.000762. The van der Waals surface area contributed by atoms with Gasteiger partial charge in [-0.15, -0.1) is 11.3 Å². The first kappa shape index (κ1) is 13.6. The van der Waals surface area contributed by atoms with Crippen LogP contribution in [0, 0.1) is 0 Å². The zero-order valence-electron chi connectivity index (χ0n) is 9.69. The van der Waals surface area contributed by atoms with Crippen molar-refractivity contribution < 1.29 is 4.79 Å². The molecule has 1 aromatic carbocycles. The molecule has 1 aromatic heterocycles. The average Bonchev–Trinajstić information content (AvgIpc) is 2.73. The highest BCUT2D eigenvalue weighted by Crippen LogP contribution is 2.23. The number of hydrogen-bond donors (Lipinski definition) is 0. The van der Waals surface area contributed by atoms with Gasteiger partial charge in [-0.3, -0.25) is 4.79 Å². The number of halogens is 2. The molecule has 0 spiro atoms. The molecule has 2 aromatic rings. The van der Waals surface area contributed by atoms with Crippen LogP contribution < -0.4 is 0 Å². The number of hydrogen-bond acceptors (Lipinski definition) is 2. The van der Waals surface area contributed by atoms with Crippen LogP contribution in [0.25, 0.3) is 0 Å². The zero-order valence-corrected chi connectivity index (χ0v) is 12.8. The molecule has 0 aliphatic carbocycles. The highest BCUT2D eigenvalue weighted by atomic mass is 79.9. The predicted molar refractivity (Wildman–Crippen MR) is 79.3 cm³/mol. The molecule has 0 fully saturated rings. The molecule has 0 atom stereocenters. The summed E-state index contributed by atoms with van der Waals surface area (Å²) in [5.41, 5.74) is 0.675. The lowest BCUT2D eigenvalue weighted by Crippen LogP contribution is -2.25. The number of thiophene rings is 1. The Morgan fingerprint density at radius 2 is 2.17 bits per heavy atom. The molecule has 0 saturated heterocycles. The molecule has 0 bridgehead atoms. The van der Waals surface area contributed by atoms with Crippen LogP contribution in [-0.4, -0.2) is 17.9 Å². The third kappa shape index (κ3) is 3.34. The minimum Gasteiger partial charge on any atom is -0.337 e. The van der Waals surface area contributed by atoms with Gasteiger partial charge in [-0.25, -0.2) is 0 Å². The van der Waals surface area contributed by atoms with Gasteiger partial charge < -0.3 is 4.90 Å². The van der Waals surface area contributed by atoms with Crippen LogP contribution >= 0.6 is 38.9 Å². The lowest BCUT2D eigenvalue weighted by molar-refractivity contribution is 0.0786. The maximum absolute atomic E-state index is 12.2. The highest BCUT2D eigenvalue weighted by Gasteiger charge is 2.13. The minimum atomic E-state index is 0.000762. The number of rotatable bonds is 3. The Balaban J connectivity index is 2.09. The first-order valence-electron chi connectivity index (χ1n) is 5.31. The molecule has 0 aliphatic rings. The monoisotopic (exact) mass is 343 g/mol. The Morgan fingerprint density at radius 1 is 1.39 bits per heavy atom. The van der Waals surface area contributed by atoms with Crippen LogP contribution in [0.3, 0.4) is 0 Å². The first-order valence-corrected chi connectivity index (χ1v) is 7.30. The van der Waals surface area contributed by atoms with E-state index in [0.717, 1.165) is 13.7 Å². The summed E-state index contributed by atoms with van der Waals surface area (Å²) in [7, 11) is 1.79. The van der Waals surface area contributed by atoms with E-state index in [-0.39, 0.29) is 5.91 Å². The molecule has 1 heterocycles. The smallest absolute Gasteiger partial charge is 0.253 e. The molecule has 0 saturated carbocycles. The number of nitrogens with zero attached hydrogens (tertiary/aromatic N) is 1. The Hall–Kier alpha value is -0.840. The van der Waals surface area contributed by atoms with Crippen molar-refractivity contribution in [1.82, 2.24) is 4.90 Å². The fraction of sp³-hybridized carbons (Fsp3) is 0.154. The van der Waals surface area contributed by atoms with E-state index in [2.05, 4.69) is 15.9 Å². The van der Waals surface area contributed by atoms with Gasteiger partial charge in [-0.2, -0.15) is 0 Å². The fourth-order valence-electron chi connectivity index (χ4n) is 1.58. The highest BCUT2D eigenvalue weighted by molar-refractivity contribution is 9.10. The van der Waals surface area contributed by atoms with E-state index in [9.17, 15) is 4.79 Å². The van der Waals surface area contributed by atoms with Gasteiger partial charge in [0.2, 0.25) is 0 Å². The van der Waals surface area contributed by atoms with Gasteiger partial charge in [-0.1, -0.05) is 33.6 Å². The van der Waals surface area contributed by atoms with Gasteiger partial charge in [0.15, 0.2) is 0 Å². The van der Waals surface area contributed by atoms with E-state index >= 15 is 0 Å². The van der Waals surface area contributed by atoms with E-state index in [1.807, 2.05) is 36.4 Å². The van der Waals surface area contributed by atoms with Crippen molar-refractivity contribution in [2.75, 3.05) is 7.05 Å². The van der Waals surface area contributed by atoms with E-state index in [0.29, 0.717) is 12.1 Å². The van der Waals surface area contributed by atoms with Crippen molar-refractivity contribution in [2.45, 2.75) is 6.54 Å². The normalized spacial score (nSPS) is 10.4. The van der Waals surface area contributed by atoms with E-state index in [4.69, 9.17) is 11.6 Å². The Bertz CT molecular complexity index is 570. The first-order chi connectivity index (χ1) is 8.56. The molecular formula is C13H11BrClNOS. The van der Waals surface area contributed by atoms with E-state index in [1.165, 1.54) is 11.3 Å². The third-order valence-corrected chi connectivity index (χ3v) is 4.15. The van der Waals surface area contributed by atoms with Gasteiger partial charge in [0.05, 0.1) is 10.9 Å². The summed E-state index contributed by atoms with van der Waals surface area (Å²) in [4.78, 5) is 14.9. The van der Waals surface area contributed by atoms with Crippen molar-refractivity contribution in [3.63, 3.8) is 0 Å². The van der Waals surface area contributed by atoms with Crippen LogP contribution in [0.5, 0.6) is 0 Å². The molecular weight excluding hydrogens is 334 g/mol. The van der Waals surface area contributed by atoms with Gasteiger partial charge >= 0.3 is 0 Å². The summed E-state index contributed by atoms with van der Waals surface area (Å²) in [6.45, 7) is 0.572. The number of amides is 1. The standard InChI is InChI=1S/C13H11BrClNOS/c1-16(8-11-5-6-12(15)18-11)13(17)9-3-2-4-10(14)7-9/h2-7H,8H2,1H3. The molecule has 2 nitrogen and oxygen atoms in total. The molecule has 18 heavy (non-hydrogen) atoms. The third-order valence-electron chi connectivity index (χ3n) is 2.44. The van der Waals surface area contributed by atoms with Gasteiger partial charge in [0.25, 0.3) is 5.91 Å². The van der Waals surface area contributed by atoms with Crippen LogP contribution in [0.1, 0.15) is 15.2 Å². The Kier molecular flexibility index (Phi) is 4.43. The number of carbonyl (C=O) groups excluding carboxylic acids is 1. The second kappa shape index (κ2) is 5.87. The molecule has 94 valence electrons. The SMILES string of the molecule is CN(Cc1ccc(Cl)s1)C(=O)c1cccc(Br)c1. The van der Waals surface area contributed by atoms with Crippen LogP contribution in [0.15, 0.2) is 40.9 Å². The van der Waals surface area contributed by atoms with Crippen molar-refractivity contribution in [3.05, 3.63) is 55.6 Å². The van der Waals surface area contributed by atoms with Crippen LogP contribution in [0.2, 0.25) is 4.34 Å². The van der Waals surface area contributed by atoms with Crippen molar-refractivity contribution >= 4 is 44.8 Å². The lowest BCUT2D eigenvalue weighted by Gasteiger charge is -2.16. The maximum Gasteiger partial charge on any atom is 0.253 e. The number of benzene rings is 1. The maximum atomic E-state index is 12.2. The summed E-state index contributed by atoms with van der Waals surface area (Å²) in [6.07, 6.45) is 0. The predicted octanol–water partition coefficient (Wildman–Crippen LogP) is 4.44. The topological polar surface area (TPSA) is 20.3 Å². The summed E-state index contributed by atoms with van der Waals surface area (Å²) in [5, 5.41) is 0. The zero-order chi connectivity index (χ0) is 13.1. The second-order valence-corrected chi connectivity index (χ2v) is 6.59. The summed E-state index contributed by atoms with van der Waals surface area (Å²) < 4.78 is 1.65. The van der Waals surface area contributed by atoms with Gasteiger partial charge in [-0.05, 0) is 30.3 Å². The summed E-state index contributed by atoms with van der Waals surface area (Å²) in [5.74, 6) is 0.000762. The second-order valence-electron chi connectivity index (χ2n) is 3.88. The largest absolute Gasteiger partial charge is 0.337 e. The van der Waals surface area contributed by atoms with E-state index < -0.39 is 0 Å². The van der Waals surface area contributed by atoms with Crippen molar-refractivity contribution in [2.24, 2.45) is 0 Å². The number of carbonyl (C=O) groups is 1. The molecule has 0 N–H and O–H groups in total. The summed E-state index contributed by atoms with van der Waals surface area (Å²) in [6, 6.07) is 11.2. The molecule has 1 amide bonds. The van der Waals surface area contributed by atoms with E-state index in [1.54, 1.807) is 11.9 Å². The van der Waals surface area contributed by atoms with Crippen LogP contribution in [-0.2, 0) is 6.54 Å². The summed E-state index contributed by atoms with van der Waals surface area (Å²) >= 11 is 10.7. The Morgan fingerprint density at radius 3 is 2.78 bits per heavy atom. The molecule has 0 unspecified atom stereocenters. The average molecular weight is 345 g/mol. The lowest BCUT2D eigenvalue weighted by atomic mass is 10.2. The van der Waals surface area contributed by atoms with Crippen molar-refractivity contribution in [1.29, 1.82) is 0 Å². The van der Waals surface area contributed by atoms with Gasteiger partial charge in [0, 0.05) is 22.0 Å². The Labute approximate surface area is 123 Å². The van der Waals surface area contributed by atoms with Crippen molar-refractivity contribution in [3.8, 4) is 0 Å². The fourth-order valence-corrected chi connectivity index (χ4v) is 3.12. The molecule has 0 aliphatic heterocycles. The van der Waals surface area contributed by atoms with Crippen LogP contribution in [0.4, 0.5) is 0 Å². The van der Waals surface area contributed by atoms with Gasteiger partial charge in [0.1, 0.15) is 0 Å². The molecule has 2 rings (SSSR count). The molecule has 0 radical (unpaired) electrons.